The van der Waals surface area contributed by atoms with Crippen LogP contribution in [0.2, 0.25) is 0 Å². The summed E-state index contributed by atoms with van der Waals surface area (Å²) in [6.45, 7) is 24.6. The van der Waals surface area contributed by atoms with Crippen LogP contribution in [0.25, 0.3) is 6.20 Å². The molecule has 0 N–H and O–H groups in total. The molecule has 1 aromatic heterocycles. The second-order valence-electron chi connectivity index (χ2n) is 9.82. The maximum absolute atomic E-state index is 4.58. The highest BCUT2D eigenvalue weighted by Crippen LogP contribution is 2.30. The lowest BCUT2D eigenvalue weighted by atomic mass is 9.78. The highest BCUT2D eigenvalue weighted by atomic mass is 15.3. The molecule has 1 unspecified atom stereocenters. The van der Waals surface area contributed by atoms with E-state index in [1.54, 1.807) is 12.2 Å². The van der Waals surface area contributed by atoms with Crippen molar-refractivity contribution in [1.82, 2.24) is 19.6 Å². The molecule has 34 heavy (non-hydrogen) atoms. The third kappa shape index (κ3) is 7.80. The predicted octanol–water partition coefficient (Wildman–Crippen LogP) is 5.11. The van der Waals surface area contributed by atoms with E-state index in [2.05, 4.69) is 90.9 Å². The number of hydrogen-bond donors (Lipinski definition) is 0. The topological polar surface area (TPSA) is 49.0 Å². The Kier molecular flexibility index (Phi) is 9.99. The Morgan fingerprint density at radius 3 is 2.65 bits per heavy atom. The van der Waals surface area contributed by atoms with Crippen LogP contribution in [0, 0.1) is 11.3 Å². The third-order valence-corrected chi connectivity index (χ3v) is 6.50. The quantitative estimate of drug-likeness (QED) is 0.379. The van der Waals surface area contributed by atoms with Crippen molar-refractivity contribution in [3.05, 3.63) is 72.9 Å². The van der Waals surface area contributed by atoms with E-state index < -0.39 is 0 Å². The van der Waals surface area contributed by atoms with Gasteiger partial charge in [0, 0.05) is 51.3 Å². The minimum absolute atomic E-state index is 0.247. The molecule has 184 valence electrons. The second kappa shape index (κ2) is 12.5. The molecule has 1 saturated heterocycles. The Labute approximate surface area is 206 Å². The van der Waals surface area contributed by atoms with Gasteiger partial charge in [-0.05, 0) is 48.9 Å². The molecule has 2 rings (SSSR count). The van der Waals surface area contributed by atoms with Gasteiger partial charge in [-0.25, -0.2) is 4.68 Å². The maximum Gasteiger partial charge on any atom is 0.0734 e. The molecule has 6 heteroatoms. The number of rotatable bonds is 9. The van der Waals surface area contributed by atoms with Crippen LogP contribution in [0.3, 0.4) is 0 Å². The van der Waals surface area contributed by atoms with Gasteiger partial charge in [-0.1, -0.05) is 52.7 Å². The van der Waals surface area contributed by atoms with Gasteiger partial charge in [0.1, 0.15) is 0 Å². The van der Waals surface area contributed by atoms with Crippen molar-refractivity contribution >= 4 is 18.1 Å². The van der Waals surface area contributed by atoms with Crippen LogP contribution in [0.4, 0.5) is 0 Å². The Balaban J connectivity index is 2.21. The monoisotopic (exact) mass is 462 g/mol. The Bertz CT molecular complexity index is 988. The summed E-state index contributed by atoms with van der Waals surface area (Å²) in [7, 11) is 4.03. The lowest BCUT2D eigenvalue weighted by Gasteiger charge is -2.42. The molecular formula is C28H42N6. The van der Waals surface area contributed by atoms with Crippen LogP contribution in [0.1, 0.15) is 33.3 Å². The minimum atomic E-state index is 0.247. The molecule has 0 aliphatic carbocycles. The first-order valence-corrected chi connectivity index (χ1v) is 11.9. The summed E-state index contributed by atoms with van der Waals surface area (Å²) in [6.07, 6.45) is 14.2. The molecular weight excluding hydrogens is 420 g/mol. The van der Waals surface area contributed by atoms with Crippen LogP contribution in [0.5, 0.6) is 0 Å². The summed E-state index contributed by atoms with van der Waals surface area (Å²) in [5.41, 5.74) is 4.84. The van der Waals surface area contributed by atoms with Crippen molar-refractivity contribution in [2.45, 2.75) is 34.1 Å². The molecule has 0 bridgehead atoms. The zero-order chi connectivity index (χ0) is 25.3. The first-order chi connectivity index (χ1) is 16.1. The van der Waals surface area contributed by atoms with E-state index in [9.17, 15) is 0 Å². The molecule has 0 radical (unpaired) electrons. The van der Waals surface area contributed by atoms with Crippen molar-refractivity contribution in [3.8, 4) is 0 Å². The maximum atomic E-state index is 4.58. The number of likely N-dealkylation sites (N-methyl/N-ethyl adjacent to an activating group) is 1. The average Bonchev–Trinajstić information content (AvgIpc) is 3.24. The zero-order valence-electron chi connectivity index (χ0n) is 22.0. The van der Waals surface area contributed by atoms with E-state index >= 15 is 0 Å². The Hall–Kier alpha value is -2.99. The lowest BCUT2D eigenvalue weighted by molar-refractivity contribution is 0.0875. The van der Waals surface area contributed by atoms with Crippen molar-refractivity contribution < 1.29 is 0 Å². The minimum Gasteiger partial charge on any atom is -0.367 e. The second-order valence-corrected chi connectivity index (χ2v) is 9.82. The van der Waals surface area contributed by atoms with Crippen molar-refractivity contribution in [3.63, 3.8) is 0 Å². The van der Waals surface area contributed by atoms with Crippen LogP contribution in [0.15, 0.2) is 77.3 Å². The number of aliphatic imine (C=N–C) groups is 2. The summed E-state index contributed by atoms with van der Waals surface area (Å²) < 4.78 is 1.88. The van der Waals surface area contributed by atoms with E-state index in [1.807, 2.05) is 31.1 Å². The van der Waals surface area contributed by atoms with E-state index in [4.69, 9.17) is 0 Å². The van der Waals surface area contributed by atoms with Gasteiger partial charge in [-0.2, -0.15) is 5.10 Å². The fourth-order valence-electron chi connectivity index (χ4n) is 4.00. The summed E-state index contributed by atoms with van der Waals surface area (Å²) in [5, 5.41) is 4.57. The molecule has 6 nitrogen and oxygen atoms in total. The van der Waals surface area contributed by atoms with Gasteiger partial charge < -0.3 is 9.80 Å². The lowest BCUT2D eigenvalue weighted by Crippen LogP contribution is -2.47. The van der Waals surface area contributed by atoms with Crippen molar-refractivity contribution in [2.75, 3.05) is 40.3 Å². The largest absolute Gasteiger partial charge is 0.367 e. The smallest absolute Gasteiger partial charge is 0.0734 e. The number of allylic oxidation sites excluding steroid dienone is 6. The molecule has 0 amide bonds. The molecule has 0 aromatic carbocycles. The molecule has 1 aromatic rings. The van der Waals surface area contributed by atoms with E-state index in [0.29, 0.717) is 5.92 Å². The fourth-order valence-corrected chi connectivity index (χ4v) is 4.00. The number of aromatic nitrogens is 2. The summed E-state index contributed by atoms with van der Waals surface area (Å²) in [5.74, 6) is 0.545. The SMILES string of the molecule is C=CC(=C)C(C=C)=N/C(C)=C\Cc1cnn(/C=C(\C=NC)N2CCN(C)CC(C)(C)C(C)C2)c1. The average molecular weight is 463 g/mol. The van der Waals surface area contributed by atoms with Gasteiger partial charge >= 0.3 is 0 Å². The normalized spacial score (nSPS) is 20.8. The standard InChI is InChI=1S/C28H42N6/c1-10-22(3)27(11-2)31-24(5)12-13-25-16-30-34(19-25)20-26(17-29-8)33-15-14-32(9)21-28(6,7)23(4)18-33/h10-12,16-17,19-20,23H,1-3,13-15,18,21H2,4-9H3/b24-12-,26-20+,29-17?,31-27?. The highest BCUT2D eigenvalue weighted by molar-refractivity contribution is 6.09. The molecule has 1 atom stereocenters. The van der Waals surface area contributed by atoms with Gasteiger partial charge in [0.2, 0.25) is 0 Å². The van der Waals surface area contributed by atoms with E-state index in [0.717, 1.165) is 60.8 Å². The third-order valence-electron chi connectivity index (χ3n) is 6.50. The molecule has 1 aliphatic rings. The summed E-state index contributed by atoms with van der Waals surface area (Å²) in [4.78, 5) is 13.8. The number of nitrogens with zero attached hydrogens (tertiary/aromatic N) is 6. The Morgan fingerprint density at radius 1 is 1.26 bits per heavy atom. The van der Waals surface area contributed by atoms with E-state index in [1.165, 1.54) is 0 Å². The van der Waals surface area contributed by atoms with Gasteiger partial charge in [-0.15, -0.1) is 0 Å². The van der Waals surface area contributed by atoms with Gasteiger partial charge in [-0.3, -0.25) is 9.98 Å². The van der Waals surface area contributed by atoms with Crippen molar-refractivity contribution in [1.29, 1.82) is 0 Å². The fraction of sp³-hybridized carbons (Fsp3) is 0.464. The molecule has 1 aliphatic heterocycles. The first kappa shape index (κ1) is 27.3. The predicted molar refractivity (Wildman–Crippen MR) is 147 cm³/mol. The van der Waals surface area contributed by atoms with Gasteiger partial charge in [0.15, 0.2) is 0 Å². The summed E-state index contributed by atoms with van der Waals surface area (Å²) >= 11 is 0. The van der Waals surface area contributed by atoms with E-state index in [-0.39, 0.29) is 5.41 Å². The van der Waals surface area contributed by atoms with Crippen LogP contribution >= 0.6 is 0 Å². The van der Waals surface area contributed by atoms with Crippen LogP contribution < -0.4 is 0 Å². The van der Waals surface area contributed by atoms with Gasteiger partial charge in [0.25, 0.3) is 0 Å². The first-order valence-electron chi connectivity index (χ1n) is 11.9. The highest BCUT2D eigenvalue weighted by Gasteiger charge is 2.31. The zero-order valence-corrected chi connectivity index (χ0v) is 22.0. The van der Waals surface area contributed by atoms with Crippen molar-refractivity contribution in [2.24, 2.45) is 21.3 Å². The molecule has 1 fully saturated rings. The molecule has 0 saturated carbocycles. The Morgan fingerprint density at radius 2 is 2.00 bits per heavy atom. The van der Waals surface area contributed by atoms with Crippen LogP contribution in [-0.4, -0.2) is 71.8 Å². The number of hydrogen-bond acceptors (Lipinski definition) is 5. The van der Waals surface area contributed by atoms with Crippen LogP contribution in [-0.2, 0) is 6.42 Å². The summed E-state index contributed by atoms with van der Waals surface area (Å²) in [6, 6.07) is 0. The molecule has 2 heterocycles. The van der Waals surface area contributed by atoms with Gasteiger partial charge in [0.05, 0.1) is 23.8 Å². The molecule has 0 spiro atoms.